The van der Waals surface area contributed by atoms with Crippen LogP contribution < -0.4 is 10.6 Å². The van der Waals surface area contributed by atoms with Gasteiger partial charge in [-0.05, 0) is 51.8 Å². The molecule has 0 bridgehead atoms. The van der Waals surface area contributed by atoms with Crippen LogP contribution in [-0.2, 0) is 4.79 Å². The topological polar surface area (TPSA) is 58.2 Å². The summed E-state index contributed by atoms with van der Waals surface area (Å²) in [5.41, 5.74) is 0. The highest BCUT2D eigenvalue weighted by Crippen LogP contribution is 2.32. The molecule has 0 atom stereocenters. The third kappa shape index (κ3) is 4.77. The van der Waals surface area contributed by atoms with E-state index in [0.29, 0.717) is 4.88 Å². The molecule has 17 heavy (non-hydrogen) atoms. The van der Waals surface area contributed by atoms with Gasteiger partial charge in [0.15, 0.2) is 0 Å². The molecule has 2 N–H and O–H groups in total. The fraction of sp³-hybridized carbons (Fsp3) is 0.400. The maximum absolute atomic E-state index is 11.7. The molecular formula is C10H12Br2N2O2S. The maximum atomic E-state index is 11.7. The largest absolute Gasteiger partial charge is 0.352 e. The average molecular weight is 384 g/mol. The van der Waals surface area contributed by atoms with Crippen LogP contribution in [0.5, 0.6) is 0 Å². The fourth-order valence-electron chi connectivity index (χ4n) is 1.08. The Morgan fingerprint density at radius 2 is 2.06 bits per heavy atom. The number of carbonyl (C=O) groups excluding carboxylic acids is 2. The van der Waals surface area contributed by atoms with Gasteiger partial charge in [-0.1, -0.05) is 0 Å². The van der Waals surface area contributed by atoms with Crippen LogP contribution in [0.4, 0.5) is 0 Å². The van der Waals surface area contributed by atoms with Crippen LogP contribution in [0.2, 0.25) is 0 Å². The molecule has 2 amide bonds. The van der Waals surface area contributed by atoms with Crippen molar-refractivity contribution in [3.63, 3.8) is 0 Å². The van der Waals surface area contributed by atoms with E-state index >= 15 is 0 Å². The summed E-state index contributed by atoms with van der Waals surface area (Å²) in [4.78, 5) is 23.6. The summed E-state index contributed by atoms with van der Waals surface area (Å²) in [5.74, 6) is -0.441. The molecule has 0 spiro atoms. The van der Waals surface area contributed by atoms with Crippen molar-refractivity contribution >= 4 is 55.0 Å². The van der Waals surface area contributed by atoms with Gasteiger partial charge in [0.2, 0.25) is 5.91 Å². The summed E-state index contributed by atoms with van der Waals surface area (Å²) in [6.45, 7) is 3.73. The Bertz CT molecular complexity index is 412. The molecule has 0 aromatic carbocycles. The minimum atomic E-state index is -0.250. The van der Waals surface area contributed by atoms with Gasteiger partial charge in [-0.15, -0.1) is 11.3 Å². The highest BCUT2D eigenvalue weighted by atomic mass is 79.9. The minimum absolute atomic E-state index is 0.00977. The van der Waals surface area contributed by atoms with E-state index in [4.69, 9.17) is 0 Å². The number of rotatable bonds is 4. The Hall–Kier alpha value is -0.400. The molecule has 0 aliphatic heterocycles. The van der Waals surface area contributed by atoms with E-state index in [1.54, 1.807) is 6.07 Å². The molecule has 0 radical (unpaired) electrons. The molecule has 0 unspecified atom stereocenters. The first kappa shape index (κ1) is 14.7. The lowest BCUT2D eigenvalue weighted by molar-refractivity contribution is -0.120. The second-order valence-corrected chi connectivity index (χ2v) is 6.86. The summed E-state index contributed by atoms with van der Waals surface area (Å²) < 4.78 is 1.69. The Morgan fingerprint density at radius 1 is 1.41 bits per heavy atom. The molecule has 0 saturated carbocycles. The fourth-order valence-corrected chi connectivity index (χ4v) is 3.03. The molecule has 0 aliphatic rings. The van der Waals surface area contributed by atoms with Gasteiger partial charge in [-0.2, -0.15) is 0 Å². The van der Waals surface area contributed by atoms with E-state index in [1.165, 1.54) is 11.3 Å². The quantitative estimate of drug-likeness (QED) is 0.839. The van der Waals surface area contributed by atoms with Gasteiger partial charge in [0, 0.05) is 10.5 Å². The Labute approximate surface area is 120 Å². The summed E-state index contributed by atoms with van der Waals surface area (Å²) in [5, 5.41) is 5.26. The zero-order chi connectivity index (χ0) is 13.0. The van der Waals surface area contributed by atoms with Crippen molar-refractivity contribution in [2.75, 3.05) is 6.54 Å². The number of hydrogen-bond donors (Lipinski definition) is 2. The van der Waals surface area contributed by atoms with Gasteiger partial charge in [0.05, 0.1) is 15.2 Å². The molecule has 7 heteroatoms. The van der Waals surface area contributed by atoms with Crippen molar-refractivity contribution < 1.29 is 9.59 Å². The third-order valence-electron chi connectivity index (χ3n) is 1.73. The summed E-state index contributed by atoms with van der Waals surface area (Å²) in [7, 11) is 0. The normalized spacial score (nSPS) is 10.4. The van der Waals surface area contributed by atoms with Crippen molar-refractivity contribution in [3.05, 3.63) is 19.2 Å². The second-order valence-electron chi connectivity index (χ2n) is 3.64. The van der Waals surface area contributed by atoms with Crippen LogP contribution >= 0.6 is 43.2 Å². The van der Waals surface area contributed by atoms with Crippen LogP contribution in [0.3, 0.4) is 0 Å². The van der Waals surface area contributed by atoms with E-state index in [2.05, 4.69) is 42.5 Å². The molecule has 1 aromatic rings. The van der Waals surface area contributed by atoms with Gasteiger partial charge in [0.25, 0.3) is 5.91 Å². The standard InChI is InChI=1S/C10H12Br2N2O2S/c1-5(2)14-8(15)4-13-10(16)7-3-6(11)9(12)17-7/h3,5H,4H2,1-2H3,(H,13,16)(H,14,15). The Morgan fingerprint density at radius 3 is 2.53 bits per heavy atom. The Kier molecular flexibility index (Phi) is 5.61. The summed E-state index contributed by atoms with van der Waals surface area (Å²) in [6, 6.07) is 1.79. The molecule has 1 heterocycles. The minimum Gasteiger partial charge on any atom is -0.352 e. The van der Waals surface area contributed by atoms with Gasteiger partial charge in [-0.25, -0.2) is 0 Å². The number of carbonyl (C=O) groups is 2. The van der Waals surface area contributed by atoms with Crippen LogP contribution in [0.25, 0.3) is 0 Å². The third-order valence-corrected chi connectivity index (χ3v) is 4.98. The molecular weight excluding hydrogens is 372 g/mol. The van der Waals surface area contributed by atoms with Crippen LogP contribution in [-0.4, -0.2) is 24.4 Å². The molecule has 0 fully saturated rings. The van der Waals surface area contributed by atoms with Crippen LogP contribution in [0.15, 0.2) is 14.3 Å². The van der Waals surface area contributed by atoms with E-state index in [0.717, 1.165) is 8.26 Å². The lowest BCUT2D eigenvalue weighted by Crippen LogP contribution is -2.39. The molecule has 4 nitrogen and oxygen atoms in total. The van der Waals surface area contributed by atoms with E-state index in [1.807, 2.05) is 13.8 Å². The van der Waals surface area contributed by atoms with Crippen LogP contribution in [0, 0.1) is 0 Å². The van der Waals surface area contributed by atoms with Crippen molar-refractivity contribution in [1.82, 2.24) is 10.6 Å². The first-order valence-corrected chi connectivity index (χ1v) is 7.32. The smallest absolute Gasteiger partial charge is 0.261 e. The maximum Gasteiger partial charge on any atom is 0.261 e. The first-order valence-electron chi connectivity index (χ1n) is 4.92. The molecule has 0 aliphatic carbocycles. The van der Waals surface area contributed by atoms with E-state index in [9.17, 15) is 9.59 Å². The molecule has 0 saturated heterocycles. The average Bonchev–Trinajstić information content (AvgIpc) is 2.55. The van der Waals surface area contributed by atoms with Crippen molar-refractivity contribution in [3.8, 4) is 0 Å². The van der Waals surface area contributed by atoms with Crippen molar-refractivity contribution in [2.45, 2.75) is 19.9 Å². The number of thiophene rings is 1. The first-order chi connectivity index (χ1) is 7.90. The van der Waals surface area contributed by atoms with Crippen molar-refractivity contribution in [1.29, 1.82) is 0 Å². The van der Waals surface area contributed by atoms with Gasteiger partial charge in [-0.3, -0.25) is 9.59 Å². The van der Waals surface area contributed by atoms with E-state index in [-0.39, 0.29) is 24.4 Å². The highest BCUT2D eigenvalue weighted by Gasteiger charge is 2.13. The van der Waals surface area contributed by atoms with Crippen molar-refractivity contribution in [2.24, 2.45) is 0 Å². The van der Waals surface area contributed by atoms with Gasteiger partial charge in [0.1, 0.15) is 0 Å². The summed E-state index contributed by atoms with van der Waals surface area (Å²) in [6.07, 6.45) is 0. The zero-order valence-electron chi connectivity index (χ0n) is 9.34. The van der Waals surface area contributed by atoms with Gasteiger partial charge < -0.3 is 10.6 Å². The number of halogens is 2. The Balaban J connectivity index is 2.47. The second kappa shape index (κ2) is 6.51. The monoisotopic (exact) mass is 382 g/mol. The number of nitrogens with one attached hydrogen (secondary N) is 2. The highest BCUT2D eigenvalue weighted by molar-refractivity contribution is 9.13. The number of hydrogen-bond acceptors (Lipinski definition) is 3. The predicted octanol–water partition coefficient (Wildman–Crippen LogP) is 2.53. The SMILES string of the molecule is CC(C)NC(=O)CNC(=O)c1cc(Br)c(Br)s1. The molecule has 94 valence electrons. The molecule has 1 rings (SSSR count). The lowest BCUT2D eigenvalue weighted by atomic mass is 10.4. The molecule has 1 aromatic heterocycles. The van der Waals surface area contributed by atoms with E-state index < -0.39 is 0 Å². The summed E-state index contributed by atoms with van der Waals surface area (Å²) >= 11 is 7.92. The van der Waals surface area contributed by atoms with Crippen LogP contribution in [0.1, 0.15) is 23.5 Å². The number of amides is 2. The van der Waals surface area contributed by atoms with Gasteiger partial charge >= 0.3 is 0 Å². The predicted molar refractivity (Wildman–Crippen MR) is 75.3 cm³/mol. The lowest BCUT2D eigenvalue weighted by Gasteiger charge is -2.08. The zero-order valence-corrected chi connectivity index (χ0v) is 13.3.